The van der Waals surface area contributed by atoms with E-state index in [0.29, 0.717) is 21.6 Å². The largest absolute Gasteiger partial charge is 0.319 e. The molecule has 1 heterocycles. The number of nitrogens with zero attached hydrogens (tertiary/aromatic N) is 3. The maximum atomic E-state index is 12.9. The van der Waals surface area contributed by atoms with Crippen molar-refractivity contribution in [2.24, 2.45) is 0 Å². The highest BCUT2D eigenvalue weighted by molar-refractivity contribution is 6.31. The summed E-state index contributed by atoms with van der Waals surface area (Å²) in [6.45, 7) is 3.83. The van der Waals surface area contributed by atoms with Crippen molar-refractivity contribution in [1.82, 2.24) is 14.8 Å². The lowest BCUT2D eigenvalue weighted by Crippen LogP contribution is -2.15. The topological polar surface area (TPSA) is 59.8 Å². The summed E-state index contributed by atoms with van der Waals surface area (Å²) in [5.74, 6) is 0.194. The molecular weight excluding hydrogens is 419 g/mol. The van der Waals surface area contributed by atoms with Crippen LogP contribution in [-0.4, -0.2) is 20.7 Å². The van der Waals surface area contributed by atoms with E-state index in [1.165, 1.54) is 0 Å². The number of anilines is 1. The molecule has 0 aliphatic rings. The van der Waals surface area contributed by atoms with E-state index in [4.69, 9.17) is 23.2 Å². The predicted octanol–water partition coefficient (Wildman–Crippen LogP) is 6.11. The summed E-state index contributed by atoms with van der Waals surface area (Å²) in [5.41, 5.74) is 4.05. The first-order chi connectivity index (χ1) is 14.4. The third-order valence-corrected chi connectivity index (χ3v) is 5.43. The molecule has 1 amide bonds. The van der Waals surface area contributed by atoms with Gasteiger partial charge in [-0.25, -0.2) is 9.67 Å². The van der Waals surface area contributed by atoms with E-state index < -0.39 is 5.91 Å². The first-order valence-corrected chi connectivity index (χ1v) is 10.0. The molecule has 0 radical (unpaired) electrons. The molecule has 4 rings (SSSR count). The Bertz CT molecular complexity index is 1230. The van der Waals surface area contributed by atoms with Crippen LogP contribution in [0.3, 0.4) is 0 Å². The lowest BCUT2D eigenvalue weighted by atomic mass is 10.2. The molecule has 0 aliphatic heterocycles. The highest BCUT2D eigenvalue weighted by Crippen LogP contribution is 2.26. The molecule has 30 heavy (non-hydrogen) atoms. The van der Waals surface area contributed by atoms with Gasteiger partial charge in [0.1, 0.15) is 0 Å². The van der Waals surface area contributed by atoms with Gasteiger partial charge in [-0.2, -0.15) is 0 Å². The van der Waals surface area contributed by atoms with Gasteiger partial charge in [-0.3, -0.25) is 4.79 Å². The van der Waals surface area contributed by atoms with Crippen molar-refractivity contribution in [3.8, 4) is 17.1 Å². The molecule has 0 atom stereocenters. The molecule has 0 saturated heterocycles. The fourth-order valence-corrected chi connectivity index (χ4v) is 3.38. The Kier molecular flexibility index (Phi) is 5.57. The number of nitrogens with one attached hydrogen (secondary N) is 1. The molecule has 1 aromatic heterocycles. The third-order valence-electron chi connectivity index (χ3n) is 4.77. The van der Waals surface area contributed by atoms with Crippen molar-refractivity contribution in [1.29, 1.82) is 0 Å². The Hall–Kier alpha value is -3.15. The minimum Gasteiger partial charge on any atom is -0.319 e. The van der Waals surface area contributed by atoms with Crippen LogP contribution in [0.15, 0.2) is 66.7 Å². The Morgan fingerprint density at radius 2 is 1.67 bits per heavy atom. The van der Waals surface area contributed by atoms with Gasteiger partial charge in [0.25, 0.3) is 5.91 Å². The SMILES string of the molecule is Cc1ccccc1-n1nc(C(=O)Nc2cccc(Cl)c2C)nc1-c1ccc(Cl)cc1. The first kappa shape index (κ1) is 20.1. The van der Waals surface area contributed by atoms with E-state index in [9.17, 15) is 4.79 Å². The van der Waals surface area contributed by atoms with Crippen LogP contribution in [0.4, 0.5) is 5.69 Å². The fraction of sp³-hybridized carbons (Fsp3) is 0.0870. The van der Waals surface area contributed by atoms with E-state index >= 15 is 0 Å². The highest BCUT2D eigenvalue weighted by Gasteiger charge is 2.20. The summed E-state index contributed by atoms with van der Waals surface area (Å²) in [4.78, 5) is 17.5. The lowest BCUT2D eigenvalue weighted by Gasteiger charge is -2.09. The number of aryl methyl sites for hydroxylation is 1. The van der Waals surface area contributed by atoms with E-state index in [2.05, 4.69) is 15.4 Å². The summed E-state index contributed by atoms with van der Waals surface area (Å²) in [5, 5.41) is 8.56. The van der Waals surface area contributed by atoms with Crippen molar-refractivity contribution >= 4 is 34.8 Å². The average molecular weight is 437 g/mol. The molecule has 4 aromatic rings. The van der Waals surface area contributed by atoms with Crippen molar-refractivity contribution in [2.75, 3.05) is 5.32 Å². The number of carbonyl (C=O) groups is 1. The van der Waals surface area contributed by atoms with Crippen molar-refractivity contribution in [2.45, 2.75) is 13.8 Å². The smallest absolute Gasteiger partial charge is 0.295 e. The molecule has 0 fully saturated rings. The molecule has 0 saturated carbocycles. The number of rotatable bonds is 4. The lowest BCUT2D eigenvalue weighted by molar-refractivity contribution is 0.101. The standard InChI is InChI=1S/C23H18Cl2N4O/c1-14-6-3-4-9-20(14)29-22(16-10-12-17(24)13-11-16)27-21(28-29)23(30)26-19-8-5-7-18(25)15(19)2/h3-13H,1-2H3,(H,26,30). The number of hydrogen-bond acceptors (Lipinski definition) is 3. The van der Waals surface area contributed by atoms with E-state index in [1.54, 1.807) is 35.0 Å². The molecule has 0 aliphatic carbocycles. The fourth-order valence-electron chi connectivity index (χ4n) is 3.08. The van der Waals surface area contributed by atoms with Crippen LogP contribution in [0.2, 0.25) is 10.0 Å². The van der Waals surface area contributed by atoms with Crippen LogP contribution >= 0.6 is 23.2 Å². The second-order valence-electron chi connectivity index (χ2n) is 6.83. The maximum absolute atomic E-state index is 12.9. The molecule has 0 unspecified atom stereocenters. The number of halogens is 2. The van der Waals surface area contributed by atoms with Crippen LogP contribution < -0.4 is 5.32 Å². The maximum Gasteiger partial charge on any atom is 0.295 e. The van der Waals surface area contributed by atoms with E-state index in [1.807, 2.05) is 50.2 Å². The zero-order valence-corrected chi connectivity index (χ0v) is 17.9. The van der Waals surface area contributed by atoms with Crippen molar-refractivity contribution in [3.05, 3.63) is 93.7 Å². The monoisotopic (exact) mass is 436 g/mol. The molecule has 3 aromatic carbocycles. The number of carbonyl (C=O) groups excluding carboxylic acids is 1. The van der Waals surface area contributed by atoms with E-state index in [-0.39, 0.29) is 5.82 Å². The summed E-state index contributed by atoms with van der Waals surface area (Å²) in [6.07, 6.45) is 0. The van der Waals surface area contributed by atoms with Gasteiger partial charge < -0.3 is 5.32 Å². The van der Waals surface area contributed by atoms with Crippen molar-refractivity contribution in [3.63, 3.8) is 0 Å². The summed E-state index contributed by atoms with van der Waals surface area (Å²) in [6, 6.07) is 20.4. The van der Waals surface area contributed by atoms with Gasteiger partial charge in [0.05, 0.1) is 5.69 Å². The van der Waals surface area contributed by atoms with Crippen LogP contribution in [0.5, 0.6) is 0 Å². The summed E-state index contributed by atoms with van der Waals surface area (Å²) >= 11 is 12.2. The molecular formula is C23H18Cl2N4O. The molecule has 5 nitrogen and oxygen atoms in total. The van der Waals surface area contributed by atoms with E-state index in [0.717, 1.165) is 22.4 Å². The average Bonchev–Trinajstić information content (AvgIpc) is 3.17. The zero-order valence-electron chi connectivity index (χ0n) is 16.4. The minimum absolute atomic E-state index is 0.0579. The highest BCUT2D eigenvalue weighted by atomic mass is 35.5. The predicted molar refractivity (Wildman–Crippen MR) is 121 cm³/mol. The Balaban J connectivity index is 1.79. The number of benzene rings is 3. The quantitative estimate of drug-likeness (QED) is 0.419. The molecule has 1 N–H and O–H groups in total. The van der Waals surface area contributed by atoms with Gasteiger partial charge in [0, 0.05) is 21.3 Å². The number of aromatic nitrogens is 3. The van der Waals surface area contributed by atoms with Crippen LogP contribution in [0.1, 0.15) is 21.7 Å². The minimum atomic E-state index is -0.414. The van der Waals surface area contributed by atoms with Crippen molar-refractivity contribution < 1.29 is 4.79 Å². The number of amides is 1. The number of hydrogen-bond donors (Lipinski definition) is 1. The van der Waals surface area contributed by atoms with Crippen LogP contribution in [-0.2, 0) is 0 Å². The first-order valence-electron chi connectivity index (χ1n) is 9.29. The molecule has 7 heteroatoms. The van der Waals surface area contributed by atoms with Gasteiger partial charge in [-0.05, 0) is 67.4 Å². The van der Waals surface area contributed by atoms with Crippen LogP contribution in [0.25, 0.3) is 17.1 Å². The molecule has 150 valence electrons. The molecule has 0 spiro atoms. The Morgan fingerprint density at radius 3 is 2.40 bits per heavy atom. The molecule has 0 bridgehead atoms. The Morgan fingerprint density at radius 1 is 0.933 bits per heavy atom. The van der Waals surface area contributed by atoms with Crippen LogP contribution in [0, 0.1) is 13.8 Å². The second-order valence-corrected chi connectivity index (χ2v) is 7.67. The summed E-state index contributed by atoms with van der Waals surface area (Å²) in [7, 11) is 0. The summed E-state index contributed by atoms with van der Waals surface area (Å²) < 4.78 is 1.68. The van der Waals surface area contributed by atoms with Gasteiger partial charge in [-0.1, -0.05) is 47.5 Å². The van der Waals surface area contributed by atoms with Gasteiger partial charge in [-0.15, -0.1) is 5.10 Å². The normalized spacial score (nSPS) is 10.8. The Labute approximate surface area is 184 Å². The third kappa shape index (κ3) is 3.95. The second kappa shape index (κ2) is 8.30. The van der Waals surface area contributed by atoms with Gasteiger partial charge in [0.15, 0.2) is 5.82 Å². The number of para-hydroxylation sites is 1. The van der Waals surface area contributed by atoms with Gasteiger partial charge in [0.2, 0.25) is 5.82 Å². The van der Waals surface area contributed by atoms with Gasteiger partial charge >= 0.3 is 0 Å². The zero-order chi connectivity index (χ0) is 21.3.